The van der Waals surface area contributed by atoms with Crippen molar-refractivity contribution in [2.45, 2.75) is 17.2 Å². The average molecular weight is 315 g/mol. The molecule has 0 unspecified atom stereocenters. The molecule has 0 aliphatic carbocycles. The van der Waals surface area contributed by atoms with E-state index in [1.165, 1.54) is 4.31 Å². The van der Waals surface area contributed by atoms with Gasteiger partial charge in [-0.1, -0.05) is 54.6 Å². The first-order valence-corrected chi connectivity index (χ1v) is 8.46. The fraction of sp³-hybridized carbons (Fsp3) is 0.176. The van der Waals surface area contributed by atoms with Crippen LogP contribution in [0.15, 0.2) is 78.2 Å². The van der Waals surface area contributed by atoms with Crippen LogP contribution in [0, 0.1) is 0 Å². The molecule has 1 heterocycles. The minimum Gasteiger partial charge on any atom is -0.356 e. The van der Waals surface area contributed by atoms with Crippen LogP contribution in [-0.2, 0) is 14.8 Å². The van der Waals surface area contributed by atoms with Gasteiger partial charge in [0.1, 0.15) is 0 Å². The van der Waals surface area contributed by atoms with Crippen LogP contribution in [-0.4, -0.2) is 25.4 Å². The van der Waals surface area contributed by atoms with Crippen LogP contribution in [0.2, 0.25) is 0 Å². The molecule has 0 radical (unpaired) electrons. The molecule has 114 valence electrons. The van der Waals surface area contributed by atoms with E-state index in [0.717, 1.165) is 5.56 Å². The Labute approximate surface area is 130 Å². The Balaban J connectivity index is 2.06. The minimum absolute atomic E-state index is 0.258. The average Bonchev–Trinajstić information content (AvgIpc) is 3.01. The van der Waals surface area contributed by atoms with E-state index in [9.17, 15) is 8.42 Å². The molecule has 0 saturated carbocycles. The largest absolute Gasteiger partial charge is 0.356 e. The summed E-state index contributed by atoms with van der Waals surface area (Å²) in [4.78, 5) is 0.258. The summed E-state index contributed by atoms with van der Waals surface area (Å²) < 4.78 is 33.1. The lowest BCUT2D eigenvalue weighted by molar-refractivity contribution is 0.0682. The van der Waals surface area contributed by atoms with Crippen LogP contribution in [0.1, 0.15) is 11.8 Å². The Morgan fingerprint density at radius 1 is 1.05 bits per heavy atom. The number of nitrogens with zero attached hydrogens (tertiary/aromatic N) is 1. The SMILES string of the molecule is C=C[C@H]1CO[C@@H](c2ccccc2)N1S(=O)(=O)c1ccccc1. The molecular formula is C17H17NO3S. The van der Waals surface area contributed by atoms with Crippen LogP contribution < -0.4 is 0 Å². The zero-order chi connectivity index (χ0) is 15.6. The molecule has 0 aromatic heterocycles. The lowest BCUT2D eigenvalue weighted by Gasteiger charge is -2.26. The molecule has 22 heavy (non-hydrogen) atoms. The number of ether oxygens (including phenoxy) is 1. The molecule has 4 nitrogen and oxygen atoms in total. The summed E-state index contributed by atoms with van der Waals surface area (Å²) in [6.45, 7) is 4.04. The molecule has 0 N–H and O–H groups in total. The van der Waals surface area contributed by atoms with Gasteiger partial charge in [-0.25, -0.2) is 8.42 Å². The molecule has 0 bridgehead atoms. The molecule has 3 rings (SSSR count). The van der Waals surface area contributed by atoms with Gasteiger partial charge in [0.25, 0.3) is 0 Å². The Morgan fingerprint density at radius 3 is 2.23 bits per heavy atom. The van der Waals surface area contributed by atoms with Gasteiger partial charge in [0, 0.05) is 0 Å². The van der Waals surface area contributed by atoms with E-state index in [1.807, 2.05) is 30.3 Å². The van der Waals surface area contributed by atoms with E-state index in [4.69, 9.17) is 4.74 Å². The highest BCUT2D eigenvalue weighted by atomic mass is 32.2. The molecule has 2 aromatic carbocycles. The van der Waals surface area contributed by atoms with E-state index in [2.05, 4.69) is 6.58 Å². The van der Waals surface area contributed by atoms with Crippen LogP contribution in [0.5, 0.6) is 0 Å². The van der Waals surface area contributed by atoms with Crippen LogP contribution >= 0.6 is 0 Å². The van der Waals surface area contributed by atoms with Crippen LogP contribution in [0.4, 0.5) is 0 Å². The van der Waals surface area contributed by atoms with Crippen molar-refractivity contribution in [2.24, 2.45) is 0 Å². The van der Waals surface area contributed by atoms with Gasteiger partial charge in [0.2, 0.25) is 10.0 Å². The van der Waals surface area contributed by atoms with Gasteiger partial charge in [0.15, 0.2) is 6.23 Å². The van der Waals surface area contributed by atoms with Crippen LogP contribution in [0.3, 0.4) is 0 Å². The first-order chi connectivity index (χ1) is 10.6. The maximum atomic E-state index is 13.0. The first-order valence-electron chi connectivity index (χ1n) is 7.02. The highest BCUT2D eigenvalue weighted by molar-refractivity contribution is 7.89. The number of hydrogen-bond acceptors (Lipinski definition) is 3. The van der Waals surface area contributed by atoms with Gasteiger partial charge < -0.3 is 4.74 Å². The Bertz CT molecular complexity index is 744. The highest BCUT2D eigenvalue weighted by Crippen LogP contribution is 2.36. The van der Waals surface area contributed by atoms with Crippen molar-refractivity contribution in [3.63, 3.8) is 0 Å². The van der Waals surface area contributed by atoms with Gasteiger partial charge in [-0.3, -0.25) is 0 Å². The standard InChI is InChI=1S/C17H17NO3S/c1-2-15-13-21-17(14-9-5-3-6-10-14)18(15)22(19,20)16-11-7-4-8-12-16/h2-12,15,17H,1,13H2/t15-,17-/m0/s1. The Morgan fingerprint density at radius 2 is 1.64 bits per heavy atom. The van der Waals surface area contributed by atoms with E-state index in [1.54, 1.807) is 36.4 Å². The smallest absolute Gasteiger partial charge is 0.246 e. The van der Waals surface area contributed by atoms with Crippen molar-refractivity contribution < 1.29 is 13.2 Å². The monoisotopic (exact) mass is 315 g/mol. The summed E-state index contributed by atoms with van der Waals surface area (Å²) in [7, 11) is -3.66. The van der Waals surface area contributed by atoms with Crippen molar-refractivity contribution in [3.05, 3.63) is 78.9 Å². The van der Waals surface area contributed by atoms with Crippen molar-refractivity contribution >= 4 is 10.0 Å². The summed E-state index contributed by atoms with van der Waals surface area (Å²) in [6.07, 6.45) is 0.984. The maximum absolute atomic E-state index is 13.0. The molecule has 5 heteroatoms. The topological polar surface area (TPSA) is 46.6 Å². The predicted molar refractivity (Wildman–Crippen MR) is 84.6 cm³/mol. The highest BCUT2D eigenvalue weighted by Gasteiger charge is 2.42. The molecule has 1 saturated heterocycles. The Hall–Kier alpha value is -1.95. The second-order valence-corrected chi connectivity index (χ2v) is 6.89. The minimum atomic E-state index is -3.66. The molecular weight excluding hydrogens is 298 g/mol. The van der Waals surface area contributed by atoms with E-state index < -0.39 is 16.3 Å². The fourth-order valence-corrected chi connectivity index (χ4v) is 4.24. The Kier molecular flexibility index (Phi) is 4.11. The molecule has 1 aliphatic heterocycles. The quantitative estimate of drug-likeness (QED) is 0.815. The molecule has 2 aromatic rings. The van der Waals surface area contributed by atoms with Crippen molar-refractivity contribution in [2.75, 3.05) is 6.61 Å². The summed E-state index contributed by atoms with van der Waals surface area (Å²) >= 11 is 0. The van der Waals surface area contributed by atoms with Crippen LogP contribution in [0.25, 0.3) is 0 Å². The third kappa shape index (κ3) is 2.59. The second-order valence-electron chi connectivity index (χ2n) is 5.05. The molecule has 1 aliphatic rings. The summed E-state index contributed by atoms with van der Waals surface area (Å²) in [6, 6.07) is 17.4. The molecule has 0 amide bonds. The van der Waals surface area contributed by atoms with Gasteiger partial charge >= 0.3 is 0 Å². The van der Waals surface area contributed by atoms with Gasteiger partial charge in [0.05, 0.1) is 17.5 Å². The fourth-order valence-electron chi connectivity index (χ4n) is 2.56. The van der Waals surface area contributed by atoms with Crippen molar-refractivity contribution in [1.82, 2.24) is 4.31 Å². The van der Waals surface area contributed by atoms with E-state index in [-0.39, 0.29) is 10.9 Å². The van der Waals surface area contributed by atoms with E-state index >= 15 is 0 Å². The summed E-state index contributed by atoms with van der Waals surface area (Å²) in [5, 5.41) is 0. The third-order valence-corrected chi connectivity index (χ3v) is 5.54. The molecule has 1 fully saturated rings. The zero-order valence-corrected chi connectivity index (χ0v) is 12.8. The lowest BCUT2D eigenvalue weighted by atomic mass is 10.2. The van der Waals surface area contributed by atoms with Gasteiger partial charge in [-0.05, 0) is 17.7 Å². The number of rotatable bonds is 4. The maximum Gasteiger partial charge on any atom is 0.246 e. The zero-order valence-electron chi connectivity index (χ0n) is 12.0. The third-order valence-electron chi connectivity index (χ3n) is 3.66. The summed E-state index contributed by atoms with van der Waals surface area (Å²) in [5.74, 6) is 0. The normalized spacial score (nSPS) is 22.5. The lowest BCUT2D eigenvalue weighted by Crippen LogP contribution is -2.37. The van der Waals surface area contributed by atoms with Gasteiger partial charge in [-0.15, -0.1) is 6.58 Å². The molecule has 2 atom stereocenters. The predicted octanol–water partition coefficient (Wildman–Crippen LogP) is 2.96. The van der Waals surface area contributed by atoms with Crippen molar-refractivity contribution in [1.29, 1.82) is 0 Å². The van der Waals surface area contributed by atoms with Gasteiger partial charge in [-0.2, -0.15) is 4.31 Å². The number of hydrogen-bond donors (Lipinski definition) is 0. The first kappa shape index (κ1) is 15.0. The van der Waals surface area contributed by atoms with Crippen molar-refractivity contribution in [3.8, 4) is 0 Å². The summed E-state index contributed by atoms with van der Waals surface area (Å²) in [5.41, 5.74) is 0.811. The number of benzene rings is 2. The van der Waals surface area contributed by atoms with E-state index in [0.29, 0.717) is 6.61 Å². The second kappa shape index (κ2) is 6.04. The number of sulfonamides is 1. The molecule has 0 spiro atoms.